The largest absolute Gasteiger partial charge is 0.508 e. The third-order valence-corrected chi connectivity index (χ3v) is 1.65. The van der Waals surface area contributed by atoms with E-state index in [1.54, 1.807) is 31.3 Å². The molecule has 0 fully saturated rings. The Hall–Kier alpha value is -1.13. The second-order valence-corrected chi connectivity index (χ2v) is 2.67. The number of phenolic OH excluding ortho intramolecular Hbond substituents is 1. The van der Waals surface area contributed by atoms with Crippen LogP contribution in [0.1, 0.15) is 11.7 Å². The molecule has 0 saturated heterocycles. The summed E-state index contributed by atoms with van der Waals surface area (Å²) in [5.41, 5.74) is 0.726. The average Bonchev–Trinajstić information content (AvgIpc) is 2.05. The summed E-state index contributed by atoms with van der Waals surface area (Å²) in [6, 6.07) is 6.63. The summed E-state index contributed by atoms with van der Waals surface area (Å²) in [6.07, 6.45) is -0.554. The zero-order valence-electron chi connectivity index (χ0n) is 7.40. The Morgan fingerprint density at radius 2 is 2.15 bits per heavy atom. The number of phenols is 1. The average molecular weight is 187 g/mol. The minimum absolute atomic E-state index is 0. The Balaban J connectivity index is 0.00000144. The van der Waals surface area contributed by atoms with Crippen LogP contribution in [-0.2, 0) is 0 Å². The lowest BCUT2D eigenvalue weighted by molar-refractivity contribution is 0.177. The van der Waals surface area contributed by atoms with Crippen molar-refractivity contribution in [3.63, 3.8) is 0 Å². The van der Waals surface area contributed by atoms with Crippen molar-refractivity contribution >= 4 is 0 Å². The molecule has 1 aromatic carbocycles. The minimum Gasteiger partial charge on any atom is -0.508 e. The van der Waals surface area contributed by atoms with Crippen molar-refractivity contribution in [1.29, 1.82) is 0 Å². The standard InChI is InChI=1S/C9H13NO2.FH/c1-10-6-9(12)7-3-2-4-8(11)5-7;/h2-5,9-12H,6H2,1H3;1H/t9-;/m0./s1. The molecule has 0 saturated carbocycles. The summed E-state index contributed by atoms with van der Waals surface area (Å²) in [5.74, 6) is 0.183. The Morgan fingerprint density at radius 3 is 2.69 bits per heavy atom. The van der Waals surface area contributed by atoms with Gasteiger partial charge in [0.05, 0.1) is 6.10 Å². The van der Waals surface area contributed by atoms with Gasteiger partial charge in [-0.3, -0.25) is 4.70 Å². The van der Waals surface area contributed by atoms with Gasteiger partial charge in [-0.05, 0) is 24.7 Å². The summed E-state index contributed by atoms with van der Waals surface area (Å²) in [4.78, 5) is 0. The lowest BCUT2D eigenvalue weighted by Crippen LogP contribution is -2.16. The monoisotopic (exact) mass is 187 g/mol. The van der Waals surface area contributed by atoms with E-state index in [4.69, 9.17) is 5.11 Å². The molecule has 0 amide bonds. The van der Waals surface area contributed by atoms with Crippen molar-refractivity contribution in [2.75, 3.05) is 13.6 Å². The Labute approximate surface area is 76.4 Å². The summed E-state index contributed by atoms with van der Waals surface area (Å²) >= 11 is 0. The van der Waals surface area contributed by atoms with Crippen LogP contribution in [0.3, 0.4) is 0 Å². The Morgan fingerprint density at radius 1 is 1.46 bits per heavy atom. The van der Waals surface area contributed by atoms with E-state index in [2.05, 4.69) is 5.32 Å². The molecule has 13 heavy (non-hydrogen) atoms. The third kappa shape index (κ3) is 3.40. The number of rotatable bonds is 3. The number of likely N-dealkylation sites (N-methyl/N-ethyl adjacent to an activating group) is 1. The van der Waals surface area contributed by atoms with Crippen molar-refractivity contribution in [1.82, 2.24) is 5.32 Å². The van der Waals surface area contributed by atoms with Gasteiger partial charge < -0.3 is 15.5 Å². The van der Waals surface area contributed by atoms with Crippen LogP contribution >= 0.6 is 0 Å². The molecule has 0 unspecified atom stereocenters. The van der Waals surface area contributed by atoms with Gasteiger partial charge in [0.1, 0.15) is 5.75 Å². The molecule has 0 heterocycles. The highest BCUT2D eigenvalue weighted by Gasteiger charge is 2.05. The molecular weight excluding hydrogens is 173 g/mol. The summed E-state index contributed by atoms with van der Waals surface area (Å²) in [5, 5.41) is 21.4. The highest BCUT2D eigenvalue weighted by atomic mass is 19.0. The molecule has 0 radical (unpaired) electrons. The highest BCUT2D eigenvalue weighted by Crippen LogP contribution is 2.17. The second kappa shape index (κ2) is 5.50. The molecule has 0 aromatic heterocycles. The number of nitrogens with one attached hydrogen (secondary N) is 1. The van der Waals surface area contributed by atoms with Gasteiger partial charge in [0.2, 0.25) is 0 Å². The van der Waals surface area contributed by atoms with E-state index in [9.17, 15) is 5.11 Å². The molecule has 1 rings (SSSR count). The van der Waals surface area contributed by atoms with Gasteiger partial charge in [0.25, 0.3) is 0 Å². The first-order chi connectivity index (χ1) is 5.74. The molecular formula is C9H14FNO2. The number of aromatic hydroxyl groups is 1. The van der Waals surface area contributed by atoms with Gasteiger partial charge in [-0.15, -0.1) is 0 Å². The molecule has 1 atom stereocenters. The molecule has 0 aliphatic heterocycles. The van der Waals surface area contributed by atoms with E-state index < -0.39 is 6.10 Å². The highest BCUT2D eigenvalue weighted by molar-refractivity contribution is 5.28. The van der Waals surface area contributed by atoms with Gasteiger partial charge in [-0.2, -0.15) is 0 Å². The van der Waals surface area contributed by atoms with E-state index in [1.807, 2.05) is 0 Å². The number of hydrogen-bond acceptors (Lipinski definition) is 3. The fraction of sp³-hybridized carbons (Fsp3) is 0.333. The van der Waals surface area contributed by atoms with Gasteiger partial charge in [-0.25, -0.2) is 0 Å². The first kappa shape index (κ1) is 11.9. The number of hydrogen-bond donors (Lipinski definition) is 3. The quantitative estimate of drug-likeness (QED) is 0.656. The third-order valence-electron chi connectivity index (χ3n) is 1.65. The minimum atomic E-state index is -0.554. The molecule has 0 spiro atoms. The first-order valence-corrected chi connectivity index (χ1v) is 3.85. The van der Waals surface area contributed by atoms with Crippen LogP contribution in [0, 0.1) is 0 Å². The van der Waals surface area contributed by atoms with Gasteiger partial charge >= 0.3 is 0 Å². The van der Waals surface area contributed by atoms with Gasteiger partial charge in [0, 0.05) is 6.54 Å². The number of aliphatic hydroxyl groups is 1. The van der Waals surface area contributed by atoms with E-state index in [0.717, 1.165) is 5.56 Å². The van der Waals surface area contributed by atoms with Crippen molar-refractivity contribution < 1.29 is 14.9 Å². The predicted octanol–water partition coefficient (Wildman–Crippen LogP) is 0.798. The van der Waals surface area contributed by atoms with E-state index in [-0.39, 0.29) is 10.5 Å². The van der Waals surface area contributed by atoms with Crippen LogP contribution in [0.2, 0.25) is 0 Å². The van der Waals surface area contributed by atoms with E-state index >= 15 is 0 Å². The Kier molecular flexibility index (Phi) is 5.03. The van der Waals surface area contributed by atoms with Gasteiger partial charge in [0.15, 0.2) is 0 Å². The molecule has 3 nitrogen and oxygen atoms in total. The lowest BCUT2D eigenvalue weighted by atomic mass is 10.1. The fourth-order valence-corrected chi connectivity index (χ4v) is 1.04. The molecule has 74 valence electrons. The molecule has 4 heteroatoms. The Bertz CT molecular complexity index is 255. The first-order valence-electron chi connectivity index (χ1n) is 3.85. The smallest absolute Gasteiger partial charge is 0.115 e. The maximum Gasteiger partial charge on any atom is 0.115 e. The van der Waals surface area contributed by atoms with Crippen LogP contribution < -0.4 is 5.32 Å². The van der Waals surface area contributed by atoms with Crippen molar-refractivity contribution in [3.8, 4) is 5.75 Å². The zero-order chi connectivity index (χ0) is 8.97. The molecule has 0 aliphatic carbocycles. The topological polar surface area (TPSA) is 52.5 Å². The summed E-state index contributed by atoms with van der Waals surface area (Å²) < 4.78 is 0. The van der Waals surface area contributed by atoms with Crippen LogP contribution in [0.4, 0.5) is 4.70 Å². The number of benzene rings is 1. The summed E-state index contributed by atoms with van der Waals surface area (Å²) in [6.45, 7) is 0.490. The van der Waals surface area contributed by atoms with Crippen molar-refractivity contribution in [3.05, 3.63) is 29.8 Å². The van der Waals surface area contributed by atoms with Crippen molar-refractivity contribution in [2.24, 2.45) is 0 Å². The number of aliphatic hydroxyl groups excluding tert-OH is 1. The molecule has 1 aromatic rings. The molecule has 3 N–H and O–H groups in total. The van der Waals surface area contributed by atoms with Crippen LogP contribution in [0.25, 0.3) is 0 Å². The van der Waals surface area contributed by atoms with Gasteiger partial charge in [-0.1, -0.05) is 12.1 Å². The van der Waals surface area contributed by atoms with Crippen LogP contribution in [-0.4, -0.2) is 23.8 Å². The maximum atomic E-state index is 9.47. The van der Waals surface area contributed by atoms with Crippen LogP contribution in [0.15, 0.2) is 24.3 Å². The SMILES string of the molecule is CNC[C@H](O)c1cccc(O)c1.F. The molecule has 0 bridgehead atoms. The number of halogens is 1. The van der Waals surface area contributed by atoms with Crippen LogP contribution in [0.5, 0.6) is 5.75 Å². The molecule has 0 aliphatic rings. The normalized spacial score (nSPS) is 11.8. The predicted molar refractivity (Wildman–Crippen MR) is 49.5 cm³/mol. The lowest BCUT2D eigenvalue weighted by Gasteiger charge is -2.09. The second-order valence-electron chi connectivity index (χ2n) is 2.67. The van der Waals surface area contributed by atoms with Crippen molar-refractivity contribution in [2.45, 2.75) is 6.10 Å². The maximum absolute atomic E-state index is 9.47. The van der Waals surface area contributed by atoms with E-state index in [0.29, 0.717) is 6.54 Å². The summed E-state index contributed by atoms with van der Waals surface area (Å²) in [7, 11) is 1.77. The fourth-order valence-electron chi connectivity index (χ4n) is 1.04. The zero-order valence-corrected chi connectivity index (χ0v) is 7.40. The van der Waals surface area contributed by atoms with E-state index in [1.165, 1.54) is 0 Å².